The normalized spacial score (nSPS) is 19.8. The molecule has 1 aliphatic heterocycles. The third kappa shape index (κ3) is 5.44. The average Bonchev–Trinajstić information content (AvgIpc) is 3.19. The van der Waals surface area contributed by atoms with Crippen LogP contribution in [0.4, 0.5) is 32.3 Å². The van der Waals surface area contributed by atoms with Gasteiger partial charge in [-0.15, -0.1) is 0 Å². The van der Waals surface area contributed by atoms with Gasteiger partial charge in [-0.1, -0.05) is 6.92 Å². The van der Waals surface area contributed by atoms with Crippen LogP contribution in [-0.4, -0.2) is 55.6 Å². The topological polar surface area (TPSA) is 75.9 Å². The number of halogens is 6. The Kier molecular flexibility index (Phi) is 6.67. The molecule has 0 saturated carbocycles. The molecule has 0 radical (unpaired) electrons. The zero-order chi connectivity index (χ0) is 26.3. The highest BCUT2D eigenvalue weighted by atomic mass is 19.4. The number of alkyl halides is 5. The Labute approximate surface area is 202 Å². The molecule has 192 valence electrons. The predicted octanol–water partition coefficient (Wildman–Crippen LogP) is 4.63. The fourth-order valence-corrected chi connectivity index (χ4v) is 4.26. The molecule has 0 unspecified atom stereocenters. The number of carbonyl (C=O) groups excluding carboxylic acids is 1. The Hall–Kier alpha value is -3.64. The van der Waals surface area contributed by atoms with E-state index in [1.165, 1.54) is 35.1 Å². The quantitative estimate of drug-likeness (QED) is 0.505. The van der Waals surface area contributed by atoms with Crippen molar-refractivity contribution in [2.75, 3.05) is 18.4 Å². The lowest BCUT2D eigenvalue weighted by molar-refractivity contribution is -0.138. The summed E-state index contributed by atoms with van der Waals surface area (Å²) in [5, 5.41) is 7.01. The lowest BCUT2D eigenvalue weighted by Crippen LogP contribution is -2.57. The van der Waals surface area contributed by atoms with Crippen molar-refractivity contribution in [1.29, 1.82) is 0 Å². The molecule has 1 saturated heterocycles. The van der Waals surface area contributed by atoms with Gasteiger partial charge in [0.05, 0.1) is 23.7 Å². The van der Waals surface area contributed by atoms with Gasteiger partial charge in [-0.25, -0.2) is 23.1 Å². The fraction of sp³-hybridized carbons (Fsp3) is 0.391. The van der Waals surface area contributed by atoms with Crippen LogP contribution < -0.4 is 5.32 Å². The maximum atomic E-state index is 14.5. The van der Waals surface area contributed by atoms with Crippen molar-refractivity contribution in [3.8, 4) is 11.3 Å². The van der Waals surface area contributed by atoms with Gasteiger partial charge in [-0.05, 0) is 30.2 Å². The number of anilines is 1. The highest BCUT2D eigenvalue weighted by Crippen LogP contribution is 2.36. The minimum absolute atomic E-state index is 0.0600. The van der Waals surface area contributed by atoms with E-state index in [4.69, 9.17) is 0 Å². The summed E-state index contributed by atoms with van der Waals surface area (Å²) < 4.78 is 82.1. The van der Waals surface area contributed by atoms with Gasteiger partial charge >= 0.3 is 6.18 Å². The molecule has 2 atom stereocenters. The van der Waals surface area contributed by atoms with Gasteiger partial charge in [0, 0.05) is 44.2 Å². The number of benzene rings is 1. The van der Waals surface area contributed by atoms with Crippen LogP contribution in [-0.2, 0) is 13.2 Å². The monoisotopic (exact) mass is 512 g/mol. The van der Waals surface area contributed by atoms with Crippen LogP contribution in [0.2, 0.25) is 0 Å². The van der Waals surface area contributed by atoms with Crippen molar-refractivity contribution >= 4 is 11.9 Å². The van der Waals surface area contributed by atoms with Gasteiger partial charge in [0.15, 0.2) is 0 Å². The molecule has 1 aliphatic rings. The molecule has 3 heterocycles. The first-order valence-electron chi connectivity index (χ1n) is 11.0. The van der Waals surface area contributed by atoms with Crippen LogP contribution in [0.1, 0.15) is 29.3 Å². The first-order valence-corrected chi connectivity index (χ1v) is 11.0. The van der Waals surface area contributed by atoms with Crippen molar-refractivity contribution in [3.05, 3.63) is 59.8 Å². The maximum absolute atomic E-state index is 14.5. The first-order chi connectivity index (χ1) is 16.8. The van der Waals surface area contributed by atoms with Crippen LogP contribution in [0, 0.1) is 11.7 Å². The summed E-state index contributed by atoms with van der Waals surface area (Å²) in [6.45, 7) is 0.645. The van der Waals surface area contributed by atoms with Gasteiger partial charge in [0.1, 0.15) is 11.5 Å². The predicted molar refractivity (Wildman–Crippen MR) is 118 cm³/mol. The van der Waals surface area contributed by atoms with E-state index in [-0.39, 0.29) is 23.8 Å². The number of hydrogen-bond acceptors (Lipinski definition) is 5. The number of nitrogens with one attached hydrogen (secondary N) is 1. The lowest BCUT2D eigenvalue weighted by Gasteiger charge is -2.43. The molecule has 2 aromatic heterocycles. The summed E-state index contributed by atoms with van der Waals surface area (Å²) in [5.41, 5.74) is -0.322. The van der Waals surface area contributed by atoms with Gasteiger partial charge in [-0.2, -0.15) is 18.3 Å². The molecule has 7 nitrogen and oxygen atoms in total. The number of amides is 1. The Bertz CT molecular complexity index is 1230. The third-order valence-electron chi connectivity index (χ3n) is 5.97. The van der Waals surface area contributed by atoms with Crippen LogP contribution in [0.5, 0.6) is 0 Å². The van der Waals surface area contributed by atoms with E-state index in [0.29, 0.717) is 18.0 Å². The molecule has 3 aromatic rings. The van der Waals surface area contributed by atoms with Crippen LogP contribution >= 0.6 is 0 Å². The lowest BCUT2D eigenvalue weighted by atomic mass is 9.87. The number of likely N-dealkylation sites (tertiary alicyclic amines) is 1. The molecular weight excluding hydrogens is 490 g/mol. The summed E-state index contributed by atoms with van der Waals surface area (Å²) in [4.78, 5) is 21.9. The summed E-state index contributed by atoms with van der Waals surface area (Å²) in [6.07, 6.45) is -2.45. The maximum Gasteiger partial charge on any atom is 0.419 e. The standard InChI is InChI=1S/C23H22F6N6O/c1-13-7-22(25,26)12-35(18(13)10-32-21-30-8-15(9-31-21)23(27,28)29)20(36)17-11-34(2)33-19(17)14-3-5-16(24)6-4-14/h3-6,8-9,11,13,18H,7,10,12H2,1-2H3,(H,30,31,32)/t13-,18-/m1/s1. The minimum Gasteiger partial charge on any atom is -0.352 e. The molecule has 1 fully saturated rings. The Balaban J connectivity index is 1.60. The van der Waals surface area contributed by atoms with E-state index in [9.17, 15) is 31.1 Å². The summed E-state index contributed by atoms with van der Waals surface area (Å²) in [6, 6.07) is 4.52. The van der Waals surface area contributed by atoms with Crippen LogP contribution in [0.15, 0.2) is 42.9 Å². The number of aromatic nitrogens is 4. The number of aryl methyl sites for hydroxylation is 1. The van der Waals surface area contributed by atoms with E-state index in [1.807, 2.05) is 0 Å². The highest BCUT2D eigenvalue weighted by molar-refractivity contribution is 6.00. The minimum atomic E-state index is -4.60. The van der Waals surface area contributed by atoms with Crippen molar-refractivity contribution in [1.82, 2.24) is 24.6 Å². The van der Waals surface area contributed by atoms with Crippen molar-refractivity contribution in [2.45, 2.75) is 31.5 Å². The van der Waals surface area contributed by atoms with Crippen molar-refractivity contribution in [3.63, 3.8) is 0 Å². The second-order valence-electron chi connectivity index (χ2n) is 8.78. The largest absolute Gasteiger partial charge is 0.419 e. The summed E-state index contributed by atoms with van der Waals surface area (Å²) >= 11 is 0. The molecule has 1 aromatic carbocycles. The van der Waals surface area contributed by atoms with E-state index in [2.05, 4.69) is 20.4 Å². The molecule has 0 bridgehead atoms. The van der Waals surface area contributed by atoms with E-state index < -0.39 is 54.3 Å². The fourth-order valence-electron chi connectivity index (χ4n) is 4.26. The summed E-state index contributed by atoms with van der Waals surface area (Å²) in [5.74, 6) is -5.12. The Morgan fingerprint density at radius 3 is 2.42 bits per heavy atom. The third-order valence-corrected chi connectivity index (χ3v) is 5.97. The molecule has 1 amide bonds. The van der Waals surface area contributed by atoms with Crippen LogP contribution in [0.25, 0.3) is 11.3 Å². The van der Waals surface area contributed by atoms with Crippen molar-refractivity contribution in [2.24, 2.45) is 13.0 Å². The van der Waals surface area contributed by atoms with E-state index in [1.54, 1.807) is 14.0 Å². The Morgan fingerprint density at radius 1 is 1.17 bits per heavy atom. The highest BCUT2D eigenvalue weighted by Gasteiger charge is 2.46. The molecular formula is C23H22F6N6O. The van der Waals surface area contributed by atoms with Gasteiger partial charge in [0.25, 0.3) is 11.8 Å². The number of carbonyl (C=O) groups is 1. The Morgan fingerprint density at radius 2 is 1.81 bits per heavy atom. The van der Waals surface area contributed by atoms with E-state index in [0.717, 1.165) is 4.90 Å². The molecule has 1 N–H and O–H groups in total. The van der Waals surface area contributed by atoms with E-state index >= 15 is 0 Å². The molecule has 0 spiro atoms. The molecule has 36 heavy (non-hydrogen) atoms. The average molecular weight is 512 g/mol. The number of nitrogens with zero attached hydrogens (tertiary/aromatic N) is 5. The van der Waals surface area contributed by atoms with Gasteiger partial charge in [0.2, 0.25) is 5.95 Å². The SMILES string of the molecule is C[C@@H]1CC(F)(F)CN(C(=O)c2cn(C)nc2-c2ccc(F)cc2)[C@@H]1CNc1ncc(C(F)(F)F)cn1. The van der Waals surface area contributed by atoms with Gasteiger partial charge in [-0.3, -0.25) is 9.48 Å². The zero-order valence-corrected chi connectivity index (χ0v) is 19.2. The molecule has 0 aliphatic carbocycles. The smallest absolute Gasteiger partial charge is 0.352 e. The molecule has 4 rings (SSSR count). The van der Waals surface area contributed by atoms with Gasteiger partial charge < -0.3 is 10.2 Å². The number of hydrogen-bond donors (Lipinski definition) is 1. The number of rotatable bonds is 5. The first kappa shape index (κ1) is 25.5. The second kappa shape index (κ2) is 9.43. The summed E-state index contributed by atoms with van der Waals surface area (Å²) in [7, 11) is 1.57. The zero-order valence-electron chi connectivity index (χ0n) is 19.2. The second-order valence-corrected chi connectivity index (χ2v) is 8.78. The number of piperidine rings is 1. The van der Waals surface area contributed by atoms with Crippen molar-refractivity contribution < 1.29 is 31.1 Å². The van der Waals surface area contributed by atoms with Crippen LogP contribution in [0.3, 0.4) is 0 Å². The molecule has 13 heteroatoms.